The largest absolute Gasteiger partial charge is 0.350 e. The lowest BCUT2D eigenvalue weighted by Crippen LogP contribution is -2.01. The van der Waals surface area contributed by atoms with Crippen LogP contribution in [0, 0.1) is 13.8 Å². The van der Waals surface area contributed by atoms with Gasteiger partial charge in [-0.25, -0.2) is 4.98 Å². The van der Waals surface area contributed by atoms with Gasteiger partial charge in [0.05, 0.1) is 12.0 Å². The number of carbonyl (C=O) groups excluding carboxylic acids is 1. The summed E-state index contributed by atoms with van der Waals surface area (Å²) < 4.78 is 2.02. The second-order valence-electron chi connectivity index (χ2n) is 5.57. The summed E-state index contributed by atoms with van der Waals surface area (Å²) in [6.45, 7) is 4.04. The Hall–Kier alpha value is -2.36. The van der Waals surface area contributed by atoms with Crippen LogP contribution in [-0.2, 0) is 13.5 Å². The monoisotopic (exact) mass is 281 g/mol. The highest BCUT2D eigenvalue weighted by atomic mass is 16.1. The Balaban J connectivity index is 1.86. The molecule has 2 heterocycles. The fourth-order valence-corrected chi connectivity index (χ4v) is 2.72. The van der Waals surface area contributed by atoms with Crippen LogP contribution in [0.4, 0.5) is 0 Å². The number of Topliss-reactive ketones (excluding diaryl/α,β-unsaturated/α-hetero) is 1. The number of nitrogens with zero attached hydrogens (tertiary/aromatic N) is 2. The van der Waals surface area contributed by atoms with E-state index in [9.17, 15) is 4.79 Å². The summed E-state index contributed by atoms with van der Waals surface area (Å²) in [5.74, 6) is 0.173. The summed E-state index contributed by atoms with van der Waals surface area (Å²) in [7, 11) is 1.98. The molecule has 2 aromatic heterocycles. The van der Waals surface area contributed by atoms with Crippen LogP contribution in [0.3, 0.4) is 0 Å². The topological polar surface area (TPSA) is 50.7 Å². The van der Waals surface area contributed by atoms with Gasteiger partial charge in [0.2, 0.25) is 0 Å². The molecular weight excluding hydrogens is 262 g/mol. The molecular formula is C17H19N3O. The van der Waals surface area contributed by atoms with E-state index >= 15 is 0 Å². The number of ketones is 1. The number of aromatic amines is 1. The van der Waals surface area contributed by atoms with Crippen LogP contribution in [-0.4, -0.2) is 20.3 Å². The molecule has 0 amide bonds. The van der Waals surface area contributed by atoms with Crippen molar-refractivity contribution in [2.24, 2.45) is 7.05 Å². The number of nitrogens with one attached hydrogen (secondary N) is 1. The fourth-order valence-electron chi connectivity index (χ4n) is 2.72. The first kappa shape index (κ1) is 13.6. The third kappa shape index (κ3) is 2.49. The maximum absolute atomic E-state index is 12.5. The lowest BCUT2D eigenvalue weighted by molar-refractivity contribution is 0.0984. The third-order valence-electron chi connectivity index (χ3n) is 3.97. The molecule has 3 rings (SSSR count). The molecule has 1 N–H and O–H groups in total. The Labute approximate surface area is 123 Å². The van der Waals surface area contributed by atoms with Crippen molar-refractivity contribution in [3.05, 3.63) is 53.2 Å². The molecule has 0 unspecified atom stereocenters. The molecule has 0 atom stereocenters. The van der Waals surface area contributed by atoms with Crippen molar-refractivity contribution in [1.82, 2.24) is 14.5 Å². The van der Waals surface area contributed by atoms with Crippen LogP contribution in [0.2, 0.25) is 0 Å². The Bertz CT molecular complexity index is 811. The minimum atomic E-state index is 0.173. The number of aromatic nitrogens is 3. The quantitative estimate of drug-likeness (QED) is 0.746. The number of H-pyrrole nitrogens is 1. The van der Waals surface area contributed by atoms with Crippen molar-refractivity contribution in [2.75, 3.05) is 0 Å². The van der Waals surface area contributed by atoms with Gasteiger partial charge in [0.1, 0.15) is 0 Å². The normalized spacial score (nSPS) is 11.2. The summed E-state index contributed by atoms with van der Waals surface area (Å²) in [4.78, 5) is 19.8. The molecule has 0 aliphatic rings. The summed E-state index contributed by atoms with van der Waals surface area (Å²) in [5.41, 5.74) is 5.13. The molecule has 3 aromatic rings. The van der Waals surface area contributed by atoms with Crippen molar-refractivity contribution in [3.63, 3.8) is 0 Å². The zero-order chi connectivity index (χ0) is 15.0. The number of aryl methyl sites for hydroxylation is 4. The first-order chi connectivity index (χ1) is 10.1. The van der Waals surface area contributed by atoms with E-state index in [1.54, 1.807) is 6.33 Å². The maximum atomic E-state index is 12.5. The average Bonchev–Trinajstić information content (AvgIpc) is 3.01. The number of benzene rings is 1. The van der Waals surface area contributed by atoms with Crippen molar-refractivity contribution in [2.45, 2.75) is 26.7 Å². The standard InChI is InChI=1S/C17H19N3O/c1-11-4-5-13-14(9-20(3)16(13)8-11)17(21)7-6-15-12(2)18-10-19-15/h4-5,8-10H,6-7H2,1-3H3,(H,18,19). The van der Waals surface area contributed by atoms with E-state index in [1.807, 2.05) is 30.8 Å². The number of fused-ring (bicyclic) bond motifs is 1. The van der Waals surface area contributed by atoms with Gasteiger partial charge in [0, 0.05) is 41.8 Å². The zero-order valence-electron chi connectivity index (χ0n) is 12.6. The average molecular weight is 281 g/mol. The molecule has 108 valence electrons. The summed E-state index contributed by atoms with van der Waals surface area (Å²) in [5, 5.41) is 1.03. The minimum absolute atomic E-state index is 0.173. The van der Waals surface area contributed by atoms with E-state index in [1.165, 1.54) is 5.56 Å². The molecule has 0 radical (unpaired) electrons. The molecule has 4 heteroatoms. The van der Waals surface area contributed by atoms with E-state index in [4.69, 9.17) is 0 Å². The van der Waals surface area contributed by atoms with Gasteiger partial charge in [-0.3, -0.25) is 4.79 Å². The first-order valence-electron chi connectivity index (χ1n) is 7.14. The lowest BCUT2D eigenvalue weighted by Gasteiger charge is -2.00. The Morgan fingerprint density at radius 2 is 2.14 bits per heavy atom. The molecule has 1 aromatic carbocycles. The molecule has 0 aliphatic carbocycles. The molecule has 0 saturated carbocycles. The summed E-state index contributed by atoms with van der Waals surface area (Å²) in [6, 6.07) is 6.21. The smallest absolute Gasteiger partial charge is 0.165 e. The van der Waals surface area contributed by atoms with Gasteiger partial charge >= 0.3 is 0 Å². The molecule has 0 aliphatic heterocycles. The molecule has 0 saturated heterocycles. The van der Waals surface area contributed by atoms with Gasteiger partial charge in [-0.05, 0) is 31.9 Å². The van der Waals surface area contributed by atoms with Gasteiger partial charge in [-0.1, -0.05) is 12.1 Å². The predicted molar refractivity (Wildman–Crippen MR) is 83.6 cm³/mol. The Kier molecular flexibility index (Phi) is 3.37. The van der Waals surface area contributed by atoms with E-state index in [2.05, 4.69) is 29.0 Å². The first-order valence-corrected chi connectivity index (χ1v) is 7.14. The van der Waals surface area contributed by atoms with Crippen molar-refractivity contribution in [1.29, 1.82) is 0 Å². The summed E-state index contributed by atoms with van der Waals surface area (Å²) >= 11 is 0. The molecule has 0 spiro atoms. The fraction of sp³-hybridized carbons (Fsp3) is 0.294. The second-order valence-corrected chi connectivity index (χ2v) is 5.57. The van der Waals surface area contributed by atoms with Crippen LogP contribution < -0.4 is 0 Å². The highest BCUT2D eigenvalue weighted by Crippen LogP contribution is 2.23. The maximum Gasteiger partial charge on any atom is 0.165 e. The summed E-state index contributed by atoms with van der Waals surface area (Å²) in [6.07, 6.45) is 4.77. The number of hydrogen-bond donors (Lipinski definition) is 1. The van der Waals surface area contributed by atoms with Gasteiger partial charge in [0.25, 0.3) is 0 Å². The van der Waals surface area contributed by atoms with Crippen molar-refractivity contribution in [3.8, 4) is 0 Å². The third-order valence-corrected chi connectivity index (χ3v) is 3.97. The number of hydrogen-bond acceptors (Lipinski definition) is 2. The molecule has 0 bridgehead atoms. The number of imidazole rings is 1. The van der Waals surface area contributed by atoms with Crippen LogP contribution in [0.25, 0.3) is 10.9 Å². The molecule has 0 fully saturated rings. The highest BCUT2D eigenvalue weighted by molar-refractivity contribution is 6.08. The highest BCUT2D eigenvalue weighted by Gasteiger charge is 2.14. The molecule has 4 nitrogen and oxygen atoms in total. The minimum Gasteiger partial charge on any atom is -0.350 e. The van der Waals surface area contributed by atoms with Crippen LogP contribution in [0.15, 0.2) is 30.7 Å². The second kappa shape index (κ2) is 5.20. The van der Waals surface area contributed by atoms with Crippen LogP contribution >= 0.6 is 0 Å². The number of rotatable bonds is 4. The zero-order valence-corrected chi connectivity index (χ0v) is 12.6. The van der Waals surface area contributed by atoms with E-state index in [-0.39, 0.29) is 5.78 Å². The Morgan fingerprint density at radius 3 is 2.86 bits per heavy atom. The van der Waals surface area contributed by atoms with E-state index < -0.39 is 0 Å². The van der Waals surface area contributed by atoms with Crippen LogP contribution in [0.5, 0.6) is 0 Å². The lowest BCUT2D eigenvalue weighted by atomic mass is 10.0. The van der Waals surface area contributed by atoms with Crippen molar-refractivity contribution >= 4 is 16.7 Å². The van der Waals surface area contributed by atoms with E-state index in [0.717, 1.165) is 27.9 Å². The van der Waals surface area contributed by atoms with Crippen LogP contribution in [0.1, 0.15) is 33.7 Å². The van der Waals surface area contributed by atoms with Gasteiger partial charge in [0.15, 0.2) is 5.78 Å². The Morgan fingerprint density at radius 1 is 1.33 bits per heavy atom. The van der Waals surface area contributed by atoms with Crippen molar-refractivity contribution < 1.29 is 4.79 Å². The van der Waals surface area contributed by atoms with Gasteiger partial charge in [-0.2, -0.15) is 0 Å². The van der Waals surface area contributed by atoms with E-state index in [0.29, 0.717) is 12.8 Å². The number of carbonyl (C=O) groups is 1. The van der Waals surface area contributed by atoms with Gasteiger partial charge < -0.3 is 9.55 Å². The predicted octanol–water partition coefficient (Wildman–Crippen LogP) is 3.33. The molecule has 21 heavy (non-hydrogen) atoms. The van der Waals surface area contributed by atoms with Gasteiger partial charge in [-0.15, -0.1) is 0 Å². The SMILES string of the molecule is Cc1ccc2c(C(=O)CCc3nc[nH]c3C)cn(C)c2c1.